The van der Waals surface area contributed by atoms with Gasteiger partial charge in [0.2, 0.25) is 0 Å². The van der Waals surface area contributed by atoms with E-state index < -0.39 is 50.3 Å². The van der Waals surface area contributed by atoms with Gasteiger partial charge in [-0.3, -0.25) is 0 Å². The molecule has 0 unspecified atom stereocenters. The Morgan fingerprint density at radius 1 is 0.347 bits per heavy atom. The average molecular weight is 993 g/mol. The molecule has 0 heterocycles. The van der Waals surface area contributed by atoms with Gasteiger partial charge in [0.05, 0.1) is 48.7 Å². The van der Waals surface area contributed by atoms with E-state index in [0.717, 1.165) is 66.8 Å². The molecule has 4 aromatic rings. The van der Waals surface area contributed by atoms with Crippen LogP contribution < -0.4 is 18.9 Å². The Labute approximate surface area is 419 Å². The molecule has 72 heavy (non-hydrogen) atoms. The number of aliphatic hydroxyl groups is 4. The molecule has 4 aromatic carbocycles. The lowest BCUT2D eigenvalue weighted by Crippen LogP contribution is -2.17. The lowest BCUT2D eigenvalue weighted by atomic mass is 9.88. The van der Waals surface area contributed by atoms with Crippen LogP contribution in [0.15, 0.2) is 97.1 Å². The third-order valence-electron chi connectivity index (χ3n) is 11.2. The quantitative estimate of drug-likeness (QED) is 0.0260. The third-order valence-corrected chi connectivity index (χ3v) is 11.2. The van der Waals surface area contributed by atoms with Gasteiger partial charge in [0, 0.05) is 25.7 Å². The fourth-order valence-corrected chi connectivity index (χ4v) is 8.11. The summed E-state index contributed by atoms with van der Waals surface area (Å²) in [6, 6.07) is 16.0. The number of fused-ring (bicyclic) bond motifs is 8. The van der Waals surface area contributed by atoms with E-state index in [0.29, 0.717) is 23.0 Å². The summed E-state index contributed by atoms with van der Waals surface area (Å²) in [5.74, 6) is -0.965. The van der Waals surface area contributed by atoms with Crippen molar-refractivity contribution in [3.8, 4) is 23.0 Å². The topological polar surface area (TPSA) is 223 Å². The van der Waals surface area contributed by atoms with Crippen molar-refractivity contribution in [3.05, 3.63) is 164 Å². The Kier molecular flexibility index (Phi) is 20.7. The Balaban J connectivity index is 1.72. The molecule has 5 rings (SSSR count). The maximum absolute atomic E-state index is 12.5. The number of rotatable bonds is 24. The molecule has 0 atom stereocenters. The van der Waals surface area contributed by atoms with E-state index in [2.05, 4.69) is 26.3 Å². The zero-order valence-electron chi connectivity index (χ0n) is 41.4. The van der Waals surface area contributed by atoms with Crippen LogP contribution in [0.3, 0.4) is 0 Å². The molecule has 0 spiro atoms. The van der Waals surface area contributed by atoms with Gasteiger partial charge in [0.15, 0.2) is 0 Å². The zero-order chi connectivity index (χ0) is 52.5. The molecule has 0 amide bonds. The van der Waals surface area contributed by atoms with Crippen LogP contribution in [0.4, 0.5) is 0 Å². The van der Waals surface area contributed by atoms with Crippen molar-refractivity contribution in [1.29, 1.82) is 0 Å². The number of benzene rings is 4. The van der Waals surface area contributed by atoms with E-state index in [9.17, 15) is 39.6 Å². The minimum Gasteiger partial charge on any atom is -0.489 e. The van der Waals surface area contributed by atoms with Gasteiger partial charge in [-0.1, -0.05) is 97.1 Å². The van der Waals surface area contributed by atoms with Gasteiger partial charge in [-0.05, 0) is 72.2 Å². The largest absolute Gasteiger partial charge is 0.489 e. The lowest BCUT2D eigenvalue weighted by molar-refractivity contribution is -0.141. The molecule has 0 radical (unpaired) electrons. The molecule has 0 fully saturated rings. The minimum atomic E-state index is -0.755. The highest BCUT2D eigenvalue weighted by Crippen LogP contribution is 2.41. The SMILES string of the molecule is C=C(CO)C(=O)OCCOc1c2cc(C)cc1Cc1cc(C)cc(c1OCCOC(=O)C(=C)CO)Cc1cc(C)cc(c1OCCOC(=O)C(=C)CO)Cc1cc(C)cc(c1OCCOC(=O)C(=C)CO)C2. The average Bonchev–Trinajstić information content (AvgIpc) is 3.34. The lowest BCUT2D eigenvalue weighted by Gasteiger charge is -2.24. The number of aliphatic hydroxyl groups excluding tert-OH is 4. The molecule has 0 aromatic heterocycles. The van der Waals surface area contributed by atoms with Gasteiger partial charge in [-0.2, -0.15) is 0 Å². The number of hydrogen-bond acceptors (Lipinski definition) is 16. The van der Waals surface area contributed by atoms with Gasteiger partial charge >= 0.3 is 23.9 Å². The van der Waals surface area contributed by atoms with Gasteiger partial charge < -0.3 is 58.3 Å². The van der Waals surface area contributed by atoms with Crippen molar-refractivity contribution in [2.45, 2.75) is 53.4 Å². The maximum atomic E-state index is 12.5. The number of carbonyl (C=O) groups excluding carboxylic acids is 4. The van der Waals surface area contributed by atoms with Crippen LogP contribution in [-0.4, -0.2) is 124 Å². The Hall–Kier alpha value is -7.24. The summed E-state index contributed by atoms with van der Waals surface area (Å²) in [5.41, 5.74) is 9.38. The molecule has 384 valence electrons. The van der Waals surface area contributed by atoms with Gasteiger partial charge in [0.1, 0.15) is 75.9 Å². The summed E-state index contributed by atoms with van der Waals surface area (Å²) in [6.45, 7) is 19.0. The first-order valence-corrected chi connectivity index (χ1v) is 23.3. The first-order chi connectivity index (χ1) is 34.5. The highest BCUT2D eigenvalue weighted by molar-refractivity contribution is 5.89. The van der Waals surface area contributed by atoms with E-state index in [4.69, 9.17) is 37.9 Å². The van der Waals surface area contributed by atoms with E-state index >= 15 is 0 Å². The second kappa shape index (κ2) is 26.8. The summed E-state index contributed by atoms with van der Waals surface area (Å²) >= 11 is 0. The normalized spacial score (nSPS) is 11.7. The van der Waals surface area contributed by atoms with E-state index in [-0.39, 0.29) is 101 Å². The van der Waals surface area contributed by atoms with Crippen molar-refractivity contribution in [3.63, 3.8) is 0 Å². The van der Waals surface area contributed by atoms with Crippen LogP contribution in [0, 0.1) is 27.7 Å². The molecule has 16 nitrogen and oxygen atoms in total. The predicted octanol–water partition coefficient (Wildman–Crippen LogP) is 5.48. The molecule has 4 N–H and O–H groups in total. The predicted molar refractivity (Wildman–Crippen MR) is 267 cm³/mol. The summed E-state index contributed by atoms with van der Waals surface area (Å²) in [7, 11) is 0. The molecule has 8 bridgehead atoms. The number of aryl methyl sites for hydroxylation is 4. The summed E-state index contributed by atoms with van der Waals surface area (Å²) in [5, 5.41) is 37.8. The molecule has 0 aliphatic heterocycles. The Morgan fingerprint density at radius 3 is 0.667 bits per heavy atom. The van der Waals surface area contributed by atoms with Crippen LogP contribution in [0.25, 0.3) is 0 Å². The molecule has 0 saturated heterocycles. The van der Waals surface area contributed by atoms with E-state index in [1.165, 1.54) is 0 Å². The second-order valence-corrected chi connectivity index (χ2v) is 17.3. The first kappa shape index (κ1) is 55.7. The van der Waals surface area contributed by atoms with Crippen LogP contribution in [0.1, 0.15) is 66.8 Å². The Morgan fingerprint density at radius 2 is 0.514 bits per heavy atom. The fourth-order valence-electron chi connectivity index (χ4n) is 8.11. The summed E-state index contributed by atoms with van der Waals surface area (Å²) < 4.78 is 47.8. The van der Waals surface area contributed by atoms with Crippen molar-refractivity contribution < 1.29 is 77.5 Å². The van der Waals surface area contributed by atoms with Crippen molar-refractivity contribution in [1.82, 2.24) is 0 Å². The number of ether oxygens (including phenoxy) is 8. The second-order valence-electron chi connectivity index (χ2n) is 17.3. The van der Waals surface area contributed by atoms with E-state index in [1.807, 2.05) is 76.2 Å². The molecule has 16 heteroatoms. The van der Waals surface area contributed by atoms with Crippen LogP contribution in [0.5, 0.6) is 23.0 Å². The van der Waals surface area contributed by atoms with Gasteiger partial charge in [0.25, 0.3) is 0 Å². The summed E-state index contributed by atoms with van der Waals surface area (Å²) in [4.78, 5) is 49.8. The highest BCUT2D eigenvalue weighted by Gasteiger charge is 2.25. The number of carbonyl (C=O) groups is 4. The van der Waals surface area contributed by atoms with Crippen molar-refractivity contribution >= 4 is 23.9 Å². The minimum absolute atomic E-state index is 0.0560. The van der Waals surface area contributed by atoms with Gasteiger partial charge in [-0.25, -0.2) is 19.2 Å². The smallest absolute Gasteiger partial charge is 0.335 e. The third kappa shape index (κ3) is 15.4. The van der Waals surface area contributed by atoms with Crippen LogP contribution >= 0.6 is 0 Å². The molecule has 0 saturated carbocycles. The van der Waals surface area contributed by atoms with Gasteiger partial charge in [-0.15, -0.1) is 0 Å². The van der Waals surface area contributed by atoms with Crippen molar-refractivity contribution in [2.75, 3.05) is 79.3 Å². The maximum Gasteiger partial charge on any atom is 0.335 e. The fraction of sp³-hybridized carbons (Fsp3) is 0.357. The van der Waals surface area contributed by atoms with Crippen LogP contribution in [-0.2, 0) is 63.8 Å². The van der Waals surface area contributed by atoms with Crippen LogP contribution in [0.2, 0.25) is 0 Å². The number of esters is 4. The highest BCUT2D eigenvalue weighted by atomic mass is 16.6. The molecule has 1 aliphatic carbocycles. The monoisotopic (exact) mass is 992 g/mol. The first-order valence-electron chi connectivity index (χ1n) is 23.3. The molecular weight excluding hydrogens is 929 g/mol. The summed E-state index contributed by atoms with van der Waals surface area (Å²) in [6.07, 6.45) is 1.10. The number of hydrogen-bond donors (Lipinski definition) is 4. The standard InChI is InChI=1S/C56H64O16/c1-33-17-41-25-43-19-34(2)21-45(50(43)66-10-14-70-54(62)38(6)30-58)27-47-23-36(4)24-48(52(47)68-12-16-72-56(64)40(8)32-60)28-46-22-35(3)20-44(51(46)67-11-15-71-55(63)39(7)31-59)26-42(18-33)49(41)65-9-13-69-53(61)37(5)29-57/h17-24,57-60H,5-16,25-32H2,1-4H3. The zero-order valence-corrected chi connectivity index (χ0v) is 41.4. The van der Waals surface area contributed by atoms with E-state index in [1.54, 1.807) is 0 Å². The molecular formula is C56H64O16. The molecule has 1 aliphatic rings. The Bertz CT molecular complexity index is 2240. The van der Waals surface area contributed by atoms with Crippen molar-refractivity contribution in [2.24, 2.45) is 0 Å².